The van der Waals surface area contributed by atoms with Crippen molar-refractivity contribution in [1.29, 1.82) is 0 Å². The van der Waals surface area contributed by atoms with Gasteiger partial charge in [-0.1, -0.05) is 4.49 Å². The monoisotopic (exact) mass is 256 g/mol. The quantitative estimate of drug-likeness (QED) is 0.870. The van der Waals surface area contributed by atoms with Gasteiger partial charge in [0.1, 0.15) is 10.6 Å². The van der Waals surface area contributed by atoms with Gasteiger partial charge >= 0.3 is 6.09 Å². The van der Waals surface area contributed by atoms with Gasteiger partial charge in [0.25, 0.3) is 0 Å². The molecule has 0 saturated carbocycles. The van der Waals surface area contributed by atoms with Gasteiger partial charge in [0, 0.05) is 24.6 Å². The van der Waals surface area contributed by atoms with Crippen LogP contribution in [0.25, 0.3) is 0 Å². The number of carbonyl (C=O) groups is 1. The van der Waals surface area contributed by atoms with Crippen molar-refractivity contribution < 1.29 is 9.53 Å². The molecule has 2 rings (SSSR count). The molecule has 1 fully saturated rings. The molecule has 94 valence electrons. The second-order valence-electron chi connectivity index (χ2n) is 5.01. The first-order valence-electron chi connectivity index (χ1n) is 5.46. The van der Waals surface area contributed by atoms with E-state index in [-0.39, 0.29) is 12.1 Å². The SMILES string of the molecule is CC(C)(C)OC(=O)N1CC(Nc2cnns2)C1. The highest BCUT2D eigenvalue weighted by Crippen LogP contribution is 2.19. The Bertz CT molecular complexity index is 382. The van der Waals surface area contributed by atoms with Crippen molar-refractivity contribution in [1.82, 2.24) is 14.5 Å². The van der Waals surface area contributed by atoms with E-state index in [0.717, 1.165) is 5.00 Å². The molecular weight excluding hydrogens is 240 g/mol. The lowest BCUT2D eigenvalue weighted by Gasteiger charge is -2.40. The number of likely N-dealkylation sites (tertiary alicyclic amines) is 1. The van der Waals surface area contributed by atoms with Crippen LogP contribution in [0.1, 0.15) is 20.8 Å². The van der Waals surface area contributed by atoms with Crippen LogP contribution >= 0.6 is 11.5 Å². The lowest BCUT2D eigenvalue weighted by atomic mass is 10.1. The highest BCUT2D eigenvalue weighted by atomic mass is 32.1. The maximum absolute atomic E-state index is 11.6. The summed E-state index contributed by atoms with van der Waals surface area (Å²) >= 11 is 1.31. The fourth-order valence-electron chi connectivity index (χ4n) is 1.48. The van der Waals surface area contributed by atoms with Crippen LogP contribution in [-0.2, 0) is 4.74 Å². The standard InChI is InChI=1S/C10H16N4O2S/c1-10(2,3)16-9(15)14-5-7(6-14)12-8-4-11-13-17-8/h4,7,12H,5-6H2,1-3H3. The van der Waals surface area contributed by atoms with Crippen LogP contribution in [-0.4, -0.2) is 45.3 Å². The van der Waals surface area contributed by atoms with E-state index in [1.54, 1.807) is 11.1 Å². The number of nitrogens with one attached hydrogen (secondary N) is 1. The Labute approximate surface area is 104 Å². The van der Waals surface area contributed by atoms with Crippen molar-refractivity contribution in [3.63, 3.8) is 0 Å². The van der Waals surface area contributed by atoms with Crippen LogP contribution in [0.15, 0.2) is 6.20 Å². The van der Waals surface area contributed by atoms with Gasteiger partial charge in [-0.25, -0.2) is 4.79 Å². The second-order valence-corrected chi connectivity index (χ2v) is 5.79. The number of aromatic nitrogens is 2. The minimum absolute atomic E-state index is 0.252. The Morgan fingerprint density at radius 1 is 1.59 bits per heavy atom. The predicted octanol–water partition coefficient (Wildman–Crippen LogP) is 1.57. The zero-order valence-electron chi connectivity index (χ0n) is 10.1. The van der Waals surface area contributed by atoms with E-state index in [1.165, 1.54) is 11.5 Å². The molecule has 1 N–H and O–H groups in total. The molecule has 1 saturated heterocycles. The summed E-state index contributed by atoms with van der Waals surface area (Å²) in [6, 6.07) is 0.268. The number of rotatable bonds is 2. The summed E-state index contributed by atoms with van der Waals surface area (Å²) < 4.78 is 9.02. The molecule has 1 aliphatic heterocycles. The molecule has 0 aliphatic carbocycles. The number of nitrogens with zero attached hydrogens (tertiary/aromatic N) is 3. The fraction of sp³-hybridized carbons (Fsp3) is 0.700. The maximum atomic E-state index is 11.6. The van der Waals surface area contributed by atoms with Gasteiger partial charge in [0.05, 0.1) is 12.2 Å². The first-order chi connectivity index (χ1) is 7.94. The zero-order valence-corrected chi connectivity index (χ0v) is 11.0. The fourth-order valence-corrected chi connectivity index (χ4v) is 1.97. The highest BCUT2D eigenvalue weighted by molar-refractivity contribution is 7.09. The third-order valence-corrected chi connectivity index (χ3v) is 2.84. The Morgan fingerprint density at radius 2 is 2.29 bits per heavy atom. The molecule has 6 nitrogen and oxygen atoms in total. The average Bonchev–Trinajstić information content (AvgIpc) is 2.59. The first kappa shape index (κ1) is 12.1. The van der Waals surface area contributed by atoms with Crippen LogP contribution in [0.3, 0.4) is 0 Å². The number of hydrogen-bond donors (Lipinski definition) is 1. The van der Waals surface area contributed by atoms with Crippen molar-refractivity contribution in [3.05, 3.63) is 6.20 Å². The van der Waals surface area contributed by atoms with Gasteiger partial charge in [-0.2, -0.15) is 0 Å². The number of amides is 1. The summed E-state index contributed by atoms with van der Waals surface area (Å²) in [6.45, 7) is 6.91. The maximum Gasteiger partial charge on any atom is 0.410 e. The van der Waals surface area contributed by atoms with Crippen molar-refractivity contribution >= 4 is 22.6 Å². The van der Waals surface area contributed by atoms with Gasteiger partial charge < -0.3 is 15.0 Å². The smallest absolute Gasteiger partial charge is 0.410 e. The molecule has 7 heteroatoms. The highest BCUT2D eigenvalue weighted by Gasteiger charge is 2.33. The van der Waals surface area contributed by atoms with Gasteiger partial charge in [0.15, 0.2) is 0 Å². The lowest BCUT2D eigenvalue weighted by Crippen LogP contribution is -2.57. The van der Waals surface area contributed by atoms with Crippen molar-refractivity contribution in [2.75, 3.05) is 18.4 Å². The van der Waals surface area contributed by atoms with Crippen molar-refractivity contribution in [2.24, 2.45) is 0 Å². The Morgan fingerprint density at radius 3 is 2.82 bits per heavy atom. The molecule has 1 aliphatic rings. The third kappa shape index (κ3) is 3.29. The molecule has 0 unspecified atom stereocenters. The summed E-state index contributed by atoms with van der Waals surface area (Å²) in [4.78, 5) is 13.3. The number of carbonyl (C=O) groups excluding carboxylic acids is 1. The van der Waals surface area contributed by atoms with Gasteiger partial charge in [-0.15, -0.1) is 5.10 Å². The molecular formula is C10H16N4O2S. The number of ether oxygens (including phenoxy) is 1. The summed E-state index contributed by atoms with van der Waals surface area (Å²) in [7, 11) is 0. The topological polar surface area (TPSA) is 67.3 Å². The third-order valence-electron chi connectivity index (χ3n) is 2.24. The normalized spacial score (nSPS) is 16.5. The van der Waals surface area contributed by atoms with Gasteiger partial charge in [-0.05, 0) is 20.8 Å². The van der Waals surface area contributed by atoms with Crippen molar-refractivity contribution in [3.8, 4) is 0 Å². The van der Waals surface area contributed by atoms with Crippen LogP contribution < -0.4 is 5.32 Å². The van der Waals surface area contributed by atoms with E-state index in [1.807, 2.05) is 20.8 Å². The molecule has 2 heterocycles. The number of anilines is 1. The van der Waals surface area contributed by atoms with Crippen LogP contribution in [0.4, 0.5) is 9.80 Å². The molecule has 1 aromatic heterocycles. The number of hydrogen-bond acceptors (Lipinski definition) is 6. The summed E-state index contributed by atoms with van der Waals surface area (Å²) in [5, 5.41) is 7.92. The Hall–Kier alpha value is -1.37. The van der Waals surface area contributed by atoms with Crippen LogP contribution in [0.2, 0.25) is 0 Å². The predicted molar refractivity (Wildman–Crippen MR) is 65.1 cm³/mol. The largest absolute Gasteiger partial charge is 0.444 e. The molecule has 0 bridgehead atoms. The lowest BCUT2D eigenvalue weighted by molar-refractivity contribution is 0.0105. The van der Waals surface area contributed by atoms with Crippen molar-refractivity contribution in [2.45, 2.75) is 32.4 Å². The molecule has 1 amide bonds. The van der Waals surface area contributed by atoms with Gasteiger partial charge in [-0.3, -0.25) is 0 Å². The van der Waals surface area contributed by atoms with Gasteiger partial charge in [0.2, 0.25) is 0 Å². The average molecular weight is 256 g/mol. The second kappa shape index (κ2) is 4.48. The summed E-state index contributed by atoms with van der Waals surface area (Å²) in [5.74, 6) is 0. The molecule has 0 radical (unpaired) electrons. The molecule has 17 heavy (non-hydrogen) atoms. The molecule has 0 atom stereocenters. The van der Waals surface area contributed by atoms with E-state index in [2.05, 4.69) is 14.9 Å². The van der Waals surface area contributed by atoms with E-state index >= 15 is 0 Å². The molecule has 0 spiro atoms. The molecule has 0 aromatic carbocycles. The van der Waals surface area contributed by atoms with Crippen LogP contribution in [0.5, 0.6) is 0 Å². The summed E-state index contributed by atoms with van der Waals surface area (Å²) in [6.07, 6.45) is 1.43. The van der Waals surface area contributed by atoms with E-state index < -0.39 is 5.60 Å². The molecule has 1 aromatic rings. The van der Waals surface area contributed by atoms with Crippen LogP contribution in [0, 0.1) is 0 Å². The zero-order chi connectivity index (χ0) is 12.5. The van der Waals surface area contributed by atoms with E-state index in [9.17, 15) is 4.79 Å². The Kier molecular flexibility index (Phi) is 3.19. The van der Waals surface area contributed by atoms with E-state index in [0.29, 0.717) is 13.1 Å². The summed E-state index contributed by atoms with van der Waals surface area (Å²) in [5.41, 5.74) is -0.433. The Balaban J connectivity index is 1.73. The minimum Gasteiger partial charge on any atom is -0.444 e. The minimum atomic E-state index is -0.433. The first-order valence-corrected chi connectivity index (χ1v) is 6.23. The van der Waals surface area contributed by atoms with E-state index in [4.69, 9.17) is 4.74 Å².